The lowest BCUT2D eigenvalue weighted by Crippen LogP contribution is -2.43. The quantitative estimate of drug-likeness (QED) is 0.506. The number of fused-ring (bicyclic) bond motifs is 3. The van der Waals surface area contributed by atoms with Crippen LogP contribution in [-0.2, 0) is 33.0 Å². The molecule has 0 saturated carbocycles. The van der Waals surface area contributed by atoms with E-state index < -0.39 is 0 Å². The number of hydrogen-bond acceptors (Lipinski definition) is 0. The molecule has 1 aromatic carbocycles. The Kier molecular flexibility index (Phi) is 4.15. The second kappa shape index (κ2) is 6.24. The van der Waals surface area contributed by atoms with Crippen LogP contribution in [0.4, 0.5) is 0 Å². The Hall–Kier alpha value is -2.13. The van der Waals surface area contributed by atoms with Gasteiger partial charge in [-0.25, -0.2) is 4.57 Å². The molecule has 4 rings (SSSR count). The molecule has 26 heavy (non-hydrogen) atoms. The number of hydrogen-bond donors (Lipinski definition) is 0. The molecule has 0 atom stereocenters. The van der Waals surface area contributed by atoms with Crippen molar-refractivity contribution in [1.29, 1.82) is 0 Å². The topological polar surface area (TPSA) is 8.81 Å². The second-order valence-electron chi connectivity index (χ2n) is 8.70. The minimum atomic E-state index is 1.06. The minimum absolute atomic E-state index is 1.06. The largest absolute Gasteiger partial charge is 0.344 e. The van der Waals surface area contributed by atoms with Gasteiger partial charge in [0.1, 0.15) is 13.6 Å². The molecular formula is C23H31N3+2. The van der Waals surface area contributed by atoms with Gasteiger partial charge in [-0.15, -0.1) is 0 Å². The Labute approximate surface area is 157 Å². The van der Waals surface area contributed by atoms with Crippen molar-refractivity contribution >= 4 is 10.9 Å². The summed E-state index contributed by atoms with van der Waals surface area (Å²) >= 11 is 0. The van der Waals surface area contributed by atoms with Crippen molar-refractivity contribution in [3.8, 4) is 0 Å². The number of pyridine rings is 1. The maximum absolute atomic E-state index is 2.60. The fourth-order valence-corrected chi connectivity index (χ4v) is 4.35. The van der Waals surface area contributed by atoms with Crippen LogP contribution in [0.5, 0.6) is 0 Å². The Morgan fingerprint density at radius 2 is 1.92 bits per heavy atom. The Balaban J connectivity index is 1.74. The summed E-state index contributed by atoms with van der Waals surface area (Å²) in [6.07, 6.45) is 4.53. The lowest BCUT2D eigenvalue weighted by Gasteiger charge is -2.34. The van der Waals surface area contributed by atoms with Crippen molar-refractivity contribution < 1.29 is 9.05 Å². The van der Waals surface area contributed by atoms with Crippen molar-refractivity contribution in [1.82, 2.24) is 4.57 Å². The lowest BCUT2D eigenvalue weighted by molar-refractivity contribution is -0.905. The summed E-state index contributed by atoms with van der Waals surface area (Å²) in [7, 11) is 6.84. The first-order chi connectivity index (χ1) is 12.3. The van der Waals surface area contributed by atoms with Crippen LogP contribution >= 0.6 is 0 Å². The smallest absolute Gasteiger partial charge is 0.177 e. The van der Waals surface area contributed by atoms with Crippen LogP contribution < -0.4 is 4.57 Å². The van der Waals surface area contributed by atoms with Crippen LogP contribution in [0.15, 0.2) is 36.5 Å². The minimum Gasteiger partial charge on any atom is -0.344 e. The first-order valence-electron chi connectivity index (χ1n) is 9.72. The number of rotatable bonds is 3. The fraction of sp³-hybridized carbons (Fsp3) is 0.435. The average Bonchev–Trinajstić information content (AvgIpc) is 2.87. The number of aromatic nitrogens is 2. The van der Waals surface area contributed by atoms with Gasteiger partial charge in [0.15, 0.2) is 11.9 Å². The van der Waals surface area contributed by atoms with E-state index >= 15 is 0 Å². The van der Waals surface area contributed by atoms with Gasteiger partial charge in [0.2, 0.25) is 0 Å². The zero-order chi connectivity index (χ0) is 18.5. The van der Waals surface area contributed by atoms with E-state index in [1.165, 1.54) is 40.7 Å². The molecule has 0 spiro atoms. The molecule has 1 aliphatic heterocycles. The first-order valence-corrected chi connectivity index (χ1v) is 9.72. The van der Waals surface area contributed by atoms with Crippen molar-refractivity contribution in [2.75, 3.05) is 20.6 Å². The highest BCUT2D eigenvalue weighted by Crippen LogP contribution is 2.33. The molecule has 0 unspecified atom stereocenters. The van der Waals surface area contributed by atoms with Gasteiger partial charge in [-0.3, -0.25) is 0 Å². The summed E-state index contributed by atoms with van der Waals surface area (Å²) in [4.78, 5) is 0. The van der Waals surface area contributed by atoms with Gasteiger partial charge in [0.05, 0.1) is 20.6 Å². The summed E-state index contributed by atoms with van der Waals surface area (Å²) < 4.78 is 5.92. The molecular weight excluding hydrogens is 318 g/mol. The van der Waals surface area contributed by atoms with E-state index in [0.29, 0.717) is 0 Å². The van der Waals surface area contributed by atoms with Crippen molar-refractivity contribution in [2.45, 2.75) is 39.8 Å². The van der Waals surface area contributed by atoms with Crippen molar-refractivity contribution in [3.63, 3.8) is 0 Å². The highest BCUT2D eigenvalue weighted by Gasteiger charge is 2.29. The summed E-state index contributed by atoms with van der Waals surface area (Å²) in [5, 5.41) is 1.47. The highest BCUT2D eigenvalue weighted by molar-refractivity contribution is 5.86. The van der Waals surface area contributed by atoms with Crippen molar-refractivity contribution in [3.05, 3.63) is 64.6 Å². The van der Waals surface area contributed by atoms with E-state index in [9.17, 15) is 0 Å². The third kappa shape index (κ3) is 3.05. The summed E-state index contributed by atoms with van der Waals surface area (Å²) in [5.74, 6) is 0. The van der Waals surface area contributed by atoms with Crippen LogP contribution in [0, 0.1) is 13.8 Å². The van der Waals surface area contributed by atoms with E-state index in [2.05, 4.69) is 80.7 Å². The summed E-state index contributed by atoms with van der Waals surface area (Å²) in [5.41, 5.74) is 8.63. The number of aryl methyl sites for hydroxylation is 5. The third-order valence-corrected chi connectivity index (χ3v) is 6.06. The zero-order valence-electron chi connectivity index (χ0n) is 16.8. The molecule has 3 heteroatoms. The highest BCUT2D eigenvalue weighted by atomic mass is 15.3. The summed E-state index contributed by atoms with van der Waals surface area (Å²) in [6, 6.07) is 11.5. The Morgan fingerprint density at radius 1 is 1.12 bits per heavy atom. The predicted octanol–water partition coefficient (Wildman–Crippen LogP) is 3.46. The molecule has 2 aromatic heterocycles. The van der Waals surface area contributed by atoms with Crippen LogP contribution in [0.1, 0.15) is 28.1 Å². The number of quaternary nitrogens is 1. The molecule has 3 nitrogen and oxygen atoms in total. The molecule has 0 fully saturated rings. The maximum Gasteiger partial charge on any atom is 0.177 e. The van der Waals surface area contributed by atoms with Gasteiger partial charge in [-0.05, 0) is 31.5 Å². The standard InChI is InChI=1S/C23H31N3/c1-17-6-9-22-20(14-17)21-16-26(4,5)13-11-23(21)25(22)12-10-19-8-7-18(2)24(3)15-19/h6-9,14-15H,10-13,16H2,1-5H3/q+2. The average molecular weight is 350 g/mol. The molecule has 0 aliphatic carbocycles. The number of benzene rings is 1. The van der Waals surface area contributed by atoms with Gasteiger partial charge in [0, 0.05) is 53.7 Å². The lowest BCUT2D eigenvalue weighted by atomic mass is 10.0. The summed E-state index contributed by atoms with van der Waals surface area (Å²) in [6.45, 7) is 7.79. The van der Waals surface area contributed by atoms with Crippen LogP contribution in [0.3, 0.4) is 0 Å². The van der Waals surface area contributed by atoms with E-state index in [1.54, 1.807) is 11.3 Å². The fourth-order valence-electron chi connectivity index (χ4n) is 4.35. The van der Waals surface area contributed by atoms with Gasteiger partial charge in [-0.2, -0.15) is 0 Å². The normalized spacial score (nSPS) is 16.0. The van der Waals surface area contributed by atoms with Gasteiger partial charge in [-0.1, -0.05) is 11.6 Å². The monoisotopic (exact) mass is 349 g/mol. The van der Waals surface area contributed by atoms with E-state index in [0.717, 1.165) is 24.0 Å². The third-order valence-electron chi connectivity index (χ3n) is 6.06. The SMILES string of the molecule is Cc1ccc2c(c1)c1c(n2CCc2ccc(C)[n+](C)c2)CC[N+](C)(C)C1. The Bertz CT molecular complexity index is 979. The van der Waals surface area contributed by atoms with E-state index in [4.69, 9.17) is 0 Å². The molecule has 1 aliphatic rings. The molecule has 0 saturated heterocycles. The second-order valence-corrected chi connectivity index (χ2v) is 8.70. The molecule has 136 valence electrons. The van der Waals surface area contributed by atoms with E-state index in [-0.39, 0.29) is 0 Å². The van der Waals surface area contributed by atoms with Crippen LogP contribution in [0.2, 0.25) is 0 Å². The molecule has 0 radical (unpaired) electrons. The zero-order valence-corrected chi connectivity index (χ0v) is 16.8. The molecule has 3 aromatic rings. The number of nitrogens with zero attached hydrogens (tertiary/aromatic N) is 3. The molecule has 0 N–H and O–H groups in total. The molecule has 0 amide bonds. The Morgan fingerprint density at radius 3 is 2.69 bits per heavy atom. The van der Waals surface area contributed by atoms with Crippen LogP contribution in [-0.4, -0.2) is 29.7 Å². The predicted molar refractivity (Wildman–Crippen MR) is 107 cm³/mol. The number of likely N-dealkylation sites (N-methyl/N-ethyl adjacent to an activating group) is 1. The van der Waals surface area contributed by atoms with Crippen LogP contribution in [0.25, 0.3) is 10.9 Å². The maximum atomic E-state index is 2.60. The molecule has 3 heterocycles. The van der Waals surface area contributed by atoms with E-state index in [1.807, 2.05) is 0 Å². The molecule has 0 bridgehead atoms. The van der Waals surface area contributed by atoms with Gasteiger partial charge in [0.25, 0.3) is 0 Å². The van der Waals surface area contributed by atoms with Gasteiger partial charge >= 0.3 is 0 Å². The first kappa shape index (κ1) is 17.3. The van der Waals surface area contributed by atoms with Crippen molar-refractivity contribution in [2.24, 2.45) is 7.05 Å². The van der Waals surface area contributed by atoms with Gasteiger partial charge < -0.3 is 9.05 Å².